The number of fused-ring (bicyclic) bond motifs is 1. The van der Waals surface area contributed by atoms with Crippen LogP contribution in [0, 0.1) is 0 Å². The van der Waals surface area contributed by atoms with Crippen molar-refractivity contribution in [3.8, 4) is 17.4 Å². The number of carbonyl (C=O) groups is 1. The van der Waals surface area contributed by atoms with Crippen LogP contribution in [0.15, 0.2) is 63.4 Å². The van der Waals surface area contributed by atoms with Crippen molar-refractivity contribution < 1.29 is 18.4 Å². The maximum Gasteiger partial charge on any atom is 0.322 e. The van der Waals surface area contributed by atoms with E-state index in [4.69, 9.17) is 13.6 Å². The molecule has 136 valence electrons. The van der Waals surface area contributed by atoms with Gasteiger partial charge in [0.05, 0.1) is 6.10 Å². The van der Waals surface area contributed by atoms with E-state index in [1.807, 2.05) is 44.2 Å². The summed E-state index contributed by atoms with van der Waals surface area (Å²) in [6.07, 6.45) is 0.0692. The molecule has 0 unspecified atom stereocenters. The molecule has 2 aromatic heterocycles. The van der Waals surface area contributed by atoms with Gasteiger partial charge in [-0.25, -0.2) is 0 Å². The Labute approximate surface area is 155 Å². The standard InChI is InChI=1S/C20H17N3O4/c1-12(2)25-15-9-7-13(8-10-15)18(24)21-20-23-22-19(27-20)17-11-14-5-3-4-6-16(14)26-17/h3-12H,1-2H3,(H,21,23,24). The molecule has 2 aromatic carbocycles. The third-order valence-electron chi connectivity index (χ3n) is 3.77. The van der Waals surface area contributed by atoms with Gasteiger partial charge in [-0.3, -0.25) is 10.1 Å². The van der Waals surface area contributed by atoms with E-state index in [-0.39, 0.29) is 23.9 Å². The Bertz CT molecular complexity index is 1050. The van der Waals surface area contributed by atoms with Gasteiger partial charge in [0.2, 0.25) is 0 Å². The molecule has 0 radical (unpaired) electrons. The number of hydrogen-bond acceptors (Lipinski definition) is 6. The van der Waals surface area contributed by atoms with Gasteiger partial charge in [0.15, 0.2) is 5.76 Å². The van der Waals surface area contributed by atoms with Crippen LogP contribution < -0.4 is 10.1 Å². The second-order valence-electron chi connectivity index (χ2n) is 6.21. The summed E-state index contributed by atoms with van der Waals surface area (Å²) in [5, 5.41) is 11.3. The average Bonchev–Trinajstić information content (AvgIpc) is 3.28. The van der Waals surface area contributed by atoms with Crippen LogP contribution in [0.3, 0.4) is 0 Å². The molecular formula is C20H17N3O4. The third-order valence-corrected chi connectivity index (χ3v) is 3.77. The number of amides is 1. The largest absolute Gasteiger partial charge is 0.491 e. The molecule has 0 aliphatic carbocycles. The smallest absolute Gasteiger partial charge is 0.322 e. The highest BCUT2D eigenvalue weighted by Gasteiger charge is 2.16. The zero-order valence-corrected chi connectivity index (χ0v) is 14.8. The Morgan fingerprint density at radius 3 is 2.56 bits per heavy atom. The molecule has 0 atom stereocenters. The Hall–Kier alpha value is -3.61. The first-order valence-electron chi connectivity index (χ1n) is 8.49. The van der Waals surface area contributed by atoms with Gasteiger partial charge in [-0.1, -0.05) is 23.3 Å². The lowest BCUT2D eigenvalue weighted by atomic mass is 10.2. The van der Waals surface area contributed by atoms with Gasteiger partial charge < -0.3 is 13.6 Å². The number of ether oxygens (including phenoxy) is 1. The number of rotatable bonds is 5. The summed E-state index contributed by atoms with van der Waals surface area (Å²) >= 11 is 0. The number of nitrogens with one attached hydrogen (secondary N) is 1. The molecule has 0 bridgehead atoms. The van der Waals surface area contributed by atoms with Crippen molar-refractivity contribution in [2.45, 2.75) is 20.0 Å². The van der Waals surface area contributed by atoms with Crippen LogP contribution in [0.2, 0.25) is 0 Å². The molecule has 4 rings (SSSR count). The third kappa shape index (κ3) is 3.67. The van der Waals surface area contributed by atoms with Crippen LogP contribution in [0.1, 0.15) is 24.2 Å². The van der Waals surface area contributed by atoms with Gasteiger partial charge in [-0.2, -0.15) is 0 Å². The van der Waals surface area contributed by atoms with Gasteiger partial charge in [0, 0.05) is 10.9 Å². The summed E-state index contributed by atoms with van der Waals surface area (Å²) in [7, 11) is 0. The van der Waals surface area contributed by atoms with Crippen molar-refractivity contribution in [1.82, 2.24) is 10.2 Å². The summed E-state index contributed by atoms with van der Waals surface area (Å²) in [6, 6.07) is 16.2. The van der Waals surface area contributed by atoms with Crippen molar-refractivity contribution in [3.63, 3.8) is 0 Å². The van der Waals surface area contributed by atoms with Crippen LogP contribution in [-0.4, -0.2) is 22.2 Å². The first-order valence-corrected chi connectivity index (χ1v) is 8.49. The molecular weight excluding hydrogens is 346 g/mol. The van der Waals surface area contributed by atoms with Crippen LogP contribution >= 0.6 is 0 Å². The SMILES string of the molecule is CC(C)Oc1ccc(C(=O)Nc2nnc(-c3cc4ccccc4o3)o2)cc1. The number of hydrogen-bond donors (Lipinski definition) is 1. The van der Waals surface area contributed by atoms with E-state index >= 15 is 0 Å². The number of furan rings is 1. The van der Waals surface area contributed by atoms with E-state index < -0.39 is 0 Å². The summed E-state index contributed by atoms with van der Waals surface area (Å²) in [4.78, 5) is 12.3. The molecule has 1 N–H and O–H groups in total. The lowest BCUT2D eigenvalue weighted by molar-refractivity contribution is 0.102. The second-order valence-corrected chi connectivity index (χ2v) is 6.21. The highest BCUT2D eigenvalue weighted by Crippen LogP contribution is 2.27. The predicted molar refractivity (Wildman–Crippen MR) is 99.7 cm³/mol. The molecule has 7 heteroatoms. The molecule has 1 amide bonds. The highest BCUT2D eigenvalue weighted by atomic mass is 16.5. The number of para-hydroxylation sites is 1. The molecule has 4 aromatic rings. The van der Waals surface area contributed by atoms with Crippen LogP contribution in [-0.2, 0) is 0 Å². The molecule has 0 saturated carbocycles. The fraction of sp³-hybridized carbons (Fsp3) is 0.150. The van der Waals surface area contributed by atoms with Crippen LogP contribution in [0.5, 0.6) is 5.75 Å². The Balaban J connectivity index is 1.48. The minimum Gasteiger partial charge on any atom is -0.491 e. The van der Waals surface area contributed by atoms with Crippen molar-refractivity contribution in [2.24, 2.45) is 0 Å². The molecule has 27 heavy (non-hydrogen) atoms. The molecule has 7 nitrogen and oxygen atoms in total. The second kappa shape index (κ2) is 6.95. The molecule has 0 saturated heterocycles. The van der Waals surface area contributed by atoms with Crippen molar-refractivity contribution >= 4 is 22.9 Å². The Morgan fingerprint density at radius 2 is 1.81 bits per heavy atom. The summed E-state index contributed by atoms with van der Waals surface area (Å²) < 4.78 is 16.7. The average molecular weight is 363 g/mol. The number of benzene rings is 2. The van der Waals surface area contributed by atoms with E-state index in [1.54, 1.807) is 24.3 Å². The van der Waals surface area contributed by atoms with E-state index in [1.165, 1.54) is 0 Å². The maximum atomic E-state index is 12.3. The van der Waals surface area contributed by atoms with Crippen molar-refractivity contribution in [2.75, 3.05) is 5.32 Å². The van der Waals surface area contributed by atoms with Crippen LogP contribution in [0.25, 0.3) is 22.6 Å². The van der Waals surface area contributed by atoms with Crippen molar-refractivity contribution in [1.29, 1.82) is 0 Å². The number of carbonyl (C=O) groups excluding carboxylic acids is 1. The molecule has 0 fully saturated rings. The van der Waals surface area contributed by atoms with Gasteiger partial charge in [0.25, 0.3) is 11.8 Å². The molecule has 0 spiro atoms. The van der Waals surface area contributed by atoms with Gasteiger partial charge >= 0.3 is 6.01 Å². The Kier molecular flexibility index (Phi) is 4.33. The Morgan fingerprint density at radius 1 is 1.04 bits per heavy atom. The maximum absolute atomic E-state index is 12.3. The topological polar surface area (TPSA) is 90.4 Å². The molecule has 0 aliphatic rings. The van der Waals surface area contributed by atoms with Crippen molar-refractivity contribution in [3.05, 3.63) is 60.2 Å². The fourth-order valence-electron chi connectivity index (χ4n) is 2.59. The lowest BCUT2D eigenvalue weighted by Crippen LogP contribution is -2.12. The fourth-order valence-corrected chi connectivity index (χ4v) is 2.59. The summed E-state index contributed by atoms with van der Waals surface area (Å²) in [5.74, 6) is 0.985. The van der Waals surface area contributed by atoms with Gasteiger partial charge in [0.1, 0.15) is 11.3 Å². The summed E-state index contributed by atoms with van der Waals surface area (Å²) in [6.45, 7) is 3.88. The predicted octanol–water partition coefficient (Wildman–Crippen LogP) is 4.52. The molecule has 0 aliphatic heterocycles. The number of nitrogens with zero attached hydrogens (tertiary/aromatic N) is 2. The van der Waals surface area contributed by atoms with E-state index in [0.29, 0.717) is 17.1 Å². The van der Waals surface area contributed by atoms with E-state index in [2.05, 4.69) is 15.5 Å². The first kappa shape index (κ1) is 16.8. The normalized spacial score (nSPS) is 11.1. The minimum absolute atomic E-state index is 0.00189. The highest BCUT2D eigenvalue weighted by molar-refractivity contribution is 6.03. The zero-order chi connectivity index (χ0) is 18.8. The monoisotopic (exact) mass is 363 g/mol. The van der Waals surface area contributed by atoms with Crippen LogP contribution in [0.4, 0.5) is 6.01 Å². The lowest BCUT2D eigenvalue weighted by Gasteiger charge is -2.09. The number of anilines is 1. The van der Waals surface area contributed by atoms with E-state index in [0.717, 1.165) is 11.0 Å². The van der Waals surface area contributed by atoms with E-state index in [9.17, 15) is 4.79 Å². The quantitative estimate of drug-likeness (QED) is 0.560. The minimum atomic E-state index is -0.356. The number of aromatic nitrogens is 2. The zero-order valence-electron chi connectivity index (χ0n) is 14.8. The summed E-state index contributed by atoms with van der Waals surface area (Å²) in [5.41, 5.74) is 1.18. The van der Waals surface area contributed by atoms with Gasteiger partial charge in [-0.15, -0.1) is 5.10 Å². The molecule has 2 heterocycles. The first-order chi connectivity index (χ1) is 13.1. The van der Waals surface area contributed by atoms with Gasteiger partial charge in [-0.05, 0) is 50.2 Å².